The number of benzene rings is 1. The zero-order valence-electron chi connectivity index (χ0n) is 20.9. The first-order chi connectivity index (χ1) is 16.8. The third-order valence-electron chi connectivity index (χ3n) is 6.96. The lowest BCUT2D eigenvalue weighted by Gasteiger charge is -2.37. The molecule has 35 heavy (non-hydrogen) atoms. The number of likely N-dealkylation sites (N-methyl/N-ethyl adjacent to an activating group) is 1. The van der Waals surface area contributed by atoms with Crippen molar-refractivity contribution in [3.05, 3.63) is 42.1 Å². The van der Waals surface area contributed by atoms with E-state index < -0.39 is 0 Å². The molecule has 4 rings (SSSR count). The average Bonchev–Trinajstić information content (AvgIpc) is 3.69. The molecule has 3 atom stereocenters. The number of fused-ring (bicyclic) bond motifs is 1. The van der Waals surface area contributed by atoms with E-state index >= 15 is 0 Å². The van der Waals surface area contributed by atoms with E-state index in [1.54, 1.807) is 36.2 Å². The summed E-state index contributed by atoms with van der Waals surface area (Å²) in [5.74, 6) is 1.27. The lowest BCUT2D eigenvalue weighted by molar-refractivity contribution is -0.131. The van der Waals surface area contributed by atoms with Gasteiger partial charge < -0.3 is 24.4 Å². The van der Waals surface area contributed by atoms with Crippen LogP contribution in [0.5, 0.6) is 11.6 Å². The van der Waals surface area contributed by atoms with E-state index in [-0.39, 0.29) is 42.4 Å². The number of amides is 2. The third-order valence-corrected chi connectivity index (χ3v) is 6.96. The van der Waals surface area contributed by atoms with E-state index in [1.165, 1.54) is 0 Å². The second kappa shape index (κ2) is 10.6. The van der Waals surface area contributed by atoms with Crippen LogP contribution >= 0.6 is 0 Å². The Morgan fingerprint density at radius 3 is 2.77 bits per heavy atom. The summed E-state index contributed by atoms with van der Waals surface area (Å²) in [6, 6.07) is 8.97. The lowest BCUT2D eigenvalue weighted by Crippen LogP contribution is -2.50. The molecule has 8 heteroatoms. The van der Waals surface area contributed by atoms with Gasteiger partial charge in [0.25, 0.3) is 5.91 Å². The van der Waals surface area contributed by atoms with Crippen molar-refractivity contribution in [1.82, 2.24) is 14.8 Å². The minimum absolute atomic E-state index is 0.0721. The van der Waals surface area contributed by atoms with Gasteiger partial charge in [0.05, 0.1) is 26.3 Å². The van der Waals surface area contributed by atoms with E-state index in [1.807, 2.05) is 38.1 Å². The quantitative estimate of drug-likeness (QED) is 0.622. The zero-order valence-corrected chi connectivity index (χ0v) is 20.9. The van der Waals surface area contributed by atoms with Crippen molar-refractivity contribution in [2.24, 2.45) is 11.8 Å². The molecule has 2 aromatic rings. The summed E-state index contributed by atoms with van der Waals surface area (Å²) in [6.45, 7) is 4.48. The molecule has 2 amide bonds. The maximum atomic E-state index is 13.6. The Bertz CT molecular complexity index is 1070. The number of aromatic nitrogens is 1. The van der Waals surface area contributed by atoms with E-state index in [0.717, 1.165) is 24.0 Å². The molecule has 2 aliphatic rings. The first-order valence-electron chi connectivity index (χ1n) is 12.3. The van der Waals surface area contributed by atoms with Crippen LogP contribution in [0.1, 0.15) is 43.5 Å². The number of rotatable bonds is 8. The van der Waals surface area contributed by atoms with Gasteiger partial charge in [-0.15, -0.1) is 0 Å². The van der Waals surface area contributed by atoms with Crippen LogP contribution in [-0.2, 0) is 4.79 Å². The van der Waals surface area contributed by atoms with Crippen LogP contribution < -0.4 is 9.47 Å². The monoisotopic (exact) mass is 481 g/mol. The maximum Gasteiger partial charge on any atom is 0.259 e. The molecule has 0 saturated heterocycles. The Hall–Kier alpha value is -3.13. The number of hydrogen-bond donors (Lipinski definition) is 1. The largest absolute Gasteiger partial charge is 0.497 e. The third kappa shape index (κ3) is 5.75. The summed E-state index contributed by atoms with van der Waals surface area (Å²) in [6.07, 6.45) is 4.16. The first-order valence-corrected chi connectivity index (χ1v) is 12.3. The van der Waals surface area contributed by atoms with Crippen LogP contribution in [0.3, 0.4) is 0 Å². The van der Waals surface area contributed by atoms with Gasteiger partial charge >= 0.3 is 0 Å². The minimum atomic E-state index is -0.369. The Labute approximate surface area is 206 Å². The van der Waals surface area contributed by atoms with Crippen LogP contribution in [0.2, 0.25) is 0 Å². The van der Waals surface area contributed by atoms with Gasteiger partial charge in [0, 0.05) is 37.7 Å². The van der Waals surface area contributed by atoms with Crippen molar-refractivity contribution in [2.45, 2.75) is 45.3 Å². The second-order valence-corrected chi connectivity index (χ2v) is 9.85. The molecule has 1 fully saturated rings. The molecule has 1 saturated carbocycles. The fourth-order valence-electron chi connectivity index (χ4n) is 4.38. The summed E-state index contributed by atoms with van der Waals surface area (Å²) in [5, 5.41) is 9.86. The van der Waals surface area contributed by atoms with E-state index in [9.17, 15) is 14.7 Å². The van der Waals surface area contributed by atoms with Gasteiger partial charge in [0.1, 0.15) is 17.4 Å². The van der Waals surface area contributed by atoms with Crippen LogP contribution in [-0.4, -0.2) is 77.7 Å². The Morgan fingerprint density at radius 2 is 2.09 bits per heavy atom. The SMILES string of the molecule is COc1cccc(-c2cnc3c(c2)C(=O)N([C@@H](C)CO)C[C@H](C)[C@H](CN(C)C(=O)CC2CC2)O3)c1. The van der Waals surface area contributed by atoms with Crippen LogP contribution in [0.25, 0.3) is 11.1 Å². The van der Waals surface area contributed by atoms with Crippen LogP contribution in [0.4, 0.5) is 0 Å². The van der Waals surface area contributed by atoms with Crippen LogP contribution in [0, 0.1) is 11.8 Å². The van der Waals surface area contributed by atoms with Crippen molar-refractivity contribution in [2.75, 3.05) is 33.9 Å². The van der Waals surface area contributed by atoms with Gasteiger partial charge in [0.2, 0.25) is 11.8 Å². The number of carbonyl (C=O) groups excluding carboxylic acids is 2. The number of aliphatic hydroxyl groups excluding tert-OH is 1. The number of carbonyl (C=O) groups is 2. The summed E-state index contributed by atoms with van der Waals surface area (Å²) in [4.78, 5) is 34.2. The Morgan fingerprint density at radius 1 is 1.31 bits per heavy atom. The number of aliphatic hydroxyl groups is 1. The maximum absolute atomic E-state index is 13.6. The predicted octanol–water partition coefficient (Wildman–Crippen LogP) is 3.24. The normalized spacial score (nSPS) is 20.8. The van der Waals surface area contributed by atoms with E-state index in [4.69, 9.17) is 9.47 Å². The molecule has 2 heterocycles. The molecule has 1 aliphatic heterocycles. The molecule has 1 N–H and O–H groups in total. The number of methoxy groups -OCH3 is 1. The molecule has 1 aromatic heterocycles. The first kappa shape index (κ1) is 25.0. The average molecular weight is 482 g/mol. The highest BCUT2D eigenvalue weighted by Crippen LogP contribution is 2.34. The van der Waals surface area contributed by atoms with Crippen molar-refractivity contribution < 1.29 is 24.2 Å². The molecular formula is C27H35N3O5. The number of pyridine rings is 1. The Balaban J connectivity index is 1.67. The Kier molecular flexibility index (Phi) is 7.60. The van der Waals surface area contributed by atoms with Gasteiger partial charge in [0.15, 0.2) is 0 Å². The lowest BCUT2D eigenvalue weighted by atomic mass is 9.99. The highest BCUT2D eigenvalue weighted by Gasteiger charge is 2.35. The van der Waals surface area contributed by atoms with Gasteiger partial charge in [-0.05, 0) is 49.4 Å². The molecule has 0 radical (unpaired) electrons. The zero-order chi connectivity index (χ0) is 25.1. The number of ether oxygens (including phenoxy) is 2. The highest BCUT2D eigenvalue weighted by atomic mass is 16.5. The van der Waals surface area contributed by atoms with E-state index in [2.05, 4.69) is 4.98 Å². The fourth-order valence-corrected chi connectivity index (χ4v) is 4.38. The molecule has 0 bridgehead atoms. The van der Waals surface area contributed by atoms with Crippen molar-refractivity contribution in [3.63, 3.8) is 0 Å². The van der Waals surface area contributed by atoms with Crippen molar-refractivity contribution in [1.29, 1.82) is 0 Å². The van der Waals surface area contributed by atoms with Crippen molar-refractivity contribution >= 4 is 11.8 Å². The molecule has 0 spiro atoms. The second-order valence-electron chi connectivity index (χ2n) is 9.85. The summed E-state index contributed by atoms with van der Waals surface area (Å²) in [7, 11) is 3.41. The van der Waals surface area contributed by atoms with E-state index in [0.29, 0.717) is 36.7 Å². The number of nitrogens with zero attached hydrogens (tertiary/aromatic N) is 3. The summed E-state index contributed by atoms with van der Waals surface area (Å²) < 4.78 is 11.7. The van der Waals surface area contributed by atoms with Gasteiger partial charge in [-0.25, -0.2) is 4.98 Å². The summed E-state index contributed by atoms with van der Waals surface area (Å²) in [5.41, 5.74) is 1.97. The fraction of sp³-hybridized carbons (Fsp3) is 0.519. The van der Waals surface area contributed by atoms with Gasteiger partial charge in [-0.2, -0.15) is 0 Å². The summed E-state index contributed by atoms with van der Waals surface area (Å²) >= 11 is 0. The standard InChI is InChI=1S/C27H35N3O5/c1-17-14-30(18(2)16-31)27(33)23-12-21(20-6-5-7-22(11-20)34-4)13-28-26(23)35-24(17)15-29(3)25(32)10-19-8-9-19/h5-7,11-13,17-19,24,31H,8-10,14-16H2,1-4H3/t17-,18-,24-/m0/s1. The van der Waals surface area contributed by atoms with Gasteiger partial charge in [-0.1, -0.05) is 19.1 Å². The molecule has 1 aliphatic carbocycles. The molecule has 8 nitrogen and oxygen atoms in total. The highest BCUT2D eigenvalue weighted by molar-refractivity contribution is 5.98. The van der Waals surface area contributed by atoms with Crippen molar-refractivity contribution in [3.8, 4) is 22.8 Å². The molecule has 1 aromatic carbocycles. The molecular weight excluding hydrogens is 446 g/mol. The smallest absolute Gasteiger partial charge is 0.259 e. The topological polar surface area (TPSA) is 92.2 Å². The van der Waals surface area contributed by atoms with Gasteiger partial charge in [-0.3, -0.25) is 9.59 Å². The predicted molar refractivity (Wildman–Crippen MR) is 132 cm³/mol. The molecule has 188 valence electrons. The minimum Gasteiger partial charge on any atom is -0.497 e. The molecule has 0 unspecified atom stereocenters. The number of hydrogen-bond acceptors (Lipinski definition) is 6. The van der Waals surface area contributed by atoms with Crippen LogP contribution in [0.15, 0.2) is 36.5 Å².